The van der Waals surface area contributed by atoms with Crippen LogP contribution in [-0.2, 0) is 10.0 Å². The minimum absolute atomic E-state index is 0.282. The molecular formula is C11H14BrClFNO2S. The van der Waals surface area contributed by atoms with Gasteiger partial charge in [-0.2, -0.15) is 0 Å². The van der Waals surface area contributed by atoms with E-state index in [2.05, 4.69) is 20.7 Å². The van der Waals surface area contributed by atoms with Crippen LogP contribution >= 0.6 is 27.5 Å². The summed E-state index contributed by atoms with van der Waals surface area (Å²) in [4.78, 5) is -0.348. The Kier molecular flexibility index (Phi) is 6.04. The highest BCUT2D eigenvalue weighted by atomic mass is 79.9. The van der Waals surface area contributed by atoms with Gasteiger partial charge in [0, 0.05) is 16.4 Å². The van der Waals surface area contributed by atoms with Crippen molar-refractivity contribution in [3.05, 3.63) is 28.5 Å². The van der Waals surface area contributed by atoms with Gasteiger partial charge in [-0.15, -0.1) is 11.6 Å². The zero-order valence-electron chi connectivity index (χ0n) is 9.79. The Bertz CT molecular complexity index is 510. The molecule has 0 aliphatic heterocycles. The second-order valence-electron chi connectivity index (χ2n) is 3.78. The lowest BCUT2D eigenvalue weighted by Gasteiger charge is -2.16. The largest absolute Gasteiger partial charge is 0.243 e. The molecule has 1 N–H and O–H groups in total. The first kappa shape index (κ1) is 15.9. The summed E-state index contributed by atoms with van der Waals surface area (Å²) in [6.45, 7) is 1.84. The molecule has 0 aromatic heterocycles. The maximum absolute atomic E-state index is 13.6. The number of sulfonamides is 1. The third-order valence-electron chi connectivity index (χ3n) is 2.46. The summed E-state index contributed by atoms with van der Waals surface area (Å²) >= 11 is 8.67. The molecule has 102 valence electrons. The summed E-state index contributed by atoms with van der Waals surface area (Å²) in [6, 6.07) is 3.56. The lowest BCUT2D eigenvalue weighted by atomic mass is 10.2. The standard InChI is InChI=1S/C11H14BrClFNO2S/c1-2-9(5-6-13)15-18(16,17)11-4-3-8(12)7-10(11)14/h3-4,7,9,15H,2,5-6H2,1H3. The quantitative estimate of drug-likeness (QED) is 0.793. The van der Waals surface area contributed by atoms with Gasteiger partial charge >= 0.3 is 0 Å². The molecule has 1 aromatic rings. The number of rotatable bonds is 6. The van der Waals surface area contributed by atoms with E-state index >= 15 is 0 Å². The molecule has 0 fully saturated rings. The molecule has 0 saturated carbocycles. The van der Waals surface area contributed by atoms with Crippen LogP contribution in [0.25, 0.3) is 0 Å². The molecule has 1 rings (SSSR count). The van der Waals surface area contributed by atoms with Gasteiger partial charge in [-0.05, 0) is 31.0 Å². The number of nitrogens with one attached hydrogen (secondary N) is 1. The zero-order chi connectivity index (χ0) is 13.8. The highest BCUT2D eigenvalue weighted by Crippen LogP contribution is 2.20. The highest BCUT2D eigenvalue weighted by Gasteiger charge is 2.22. The predicted octanol–water partition coefficient (Wildman–Crippen LogP) is 3.27. The van der Waals surface area contributed by atoms with Crippen molar-refractivity contribution in [2.45, 2.75) is 30.7 Å². The molecule has 1 atom stereocenters. The molecule has 1 unspecified atom stereocenters. The van der Waals surface area contributed by atoms with Crippen LogP contribution < -0.4 is 4.72 Å². The van der Waals surface area contributed by atoms with Crippen LogP contribution in [0.1, 0.15) is 19.8 Å². The van der Waals surface area contributed by atoms with Crippen LogP contribution in [0.2, 0.25) is 0 Å². The van der Waals surface area contributed by atoms with Crippen LogP contribution in [-0.4, -0.2) is 20.3 Å². The normalized spacial score (nSPS) is 13.6. The van der Waals surface area contributed by atoms with Gasteiger partial charge in [0.25, 0.3) is 0 Å². The number of halogens is 3. The molecule has 0 radical (unpaired) electrons. The average molecular weight is 359 g/mol. The van der Waals surface area contributed by atoms with Gasteiger partial charge in [-0.1, -0.05) is 22.9 Å². The third-order valence-corrected chi connectivity index (χ3v) is 4.72. The molecule has 18 heavy (non-hydrogen) atoms. The minimum atomic E-state index is -3.85. The van der Waals surface area contributed by atoms with Crippen LogP contribution in [0.5, 0.6) is 0 Å². The third kappa shape index (κ3) is 4.19. The van der Waals surface area contributed by atoms with E-state index in [1.807, 2.05) is 6.92 Å². The first-order chi connectivity index (χ1) is 8.40. The summed E-state index contributed by atoms with van der Waals surface area (Å²) < 4.78 is 40.6. The number of benzene rings is 1. The lowest BCUT2D eigenvalue weighted by molar-refractivity contribution is 0.521. The molecule has 1 aromatic carbocycles. The minimum Gasteiger partial charge on any atom is -0.208 e. The smallest absolute Gasteiger partial charge is 0.208 e. The van der Waals surface area contributed by atoms with Crippen molar-refractivity contribution in [3.8, 4) is 0 Å². The average Bonchev–Trinajstić information content (AvgIpc) is 2.27. The zero-order valence-corrected chi connectivity index (χ0v) is 12.9. The van der Waals surface area contributed by atoms with E-state index in [9.17, 15) is 12.8 Å². The Morgan fingerprint density at radius 1 is 1.50 bits per heavy atom. The highest BCUT2D eigenvalue weighted by molar-refractivity contribution is 9.10. The number of alkyl halides is 1. The molecule has 0 bridgehead atoms. The topological polar surface area (TPSA) is 46.2 Å². The van der Waals surface area contributed by atoms with Crippen molar-refractivity contribution < 1.29 is 12.8 Å². The van der Waals surface area contributed by atoms with Crippen LogP contribution in [0, 0.1) is 5.82 Å². The second-order valence-corrected chi connectivity index (χ2v) is 6.75. The van der Waals surface area contributed by atoms with Gasteiger partial charge in [0.2, 0.25) is 10.0 Å². The Labute approximate surface area is 120 Å². The monoisotopic (exact) mass is 357 g/mol. The van der Waals surface area contributed by atoms with Crippen molar-refractivity contribution in [2.75, 3.05) is 5.88 Å². The van der Waals surface area contributed by atoms with Gasteiger partial charge < -0.3 is 0 Å². The molecular weight excluding hydrogens is 345 g/mol. The fourth-order valence-corrected chi connectivity index (χ4v) is 3.46. The summed E-state index contributed by atoms with van der Waals surface area (Å²) in [5.41, 5.74) is 0. The van der Waals surface area contributed by atoms with E-state index in [1.54, 1.807) is 0 Å². The van der Waals surface area contributed by atoms with Crippen molar-refractivity contribution in [3.63, 3.8) is 0 Å². The van der Waals surface area contributed by atoms with E-state index in [0.717, 1.165) is 6.07 Å². The van der Waals surface area contributed by atoms with Gasteiger partial charge in [0.05, 0.1) is 0 Å². The van der Waals surface area contributed by atoms with Crippen molar-refractivity contribution in [2.24, 2.45) is 0 Å². The van der Waals surface area contributed by atoms with Crippen LogP contribution in [0.4, 0.5) is 4.39 Å². The summed E-state index contributed by atoms with van der Waals surface area (Å²) in [6.07, 6.45) is 1.11. The molecule has 0 aliphatic carbocycles. The Balaban J connectivity index is 2.99. The maximum Gasteiger partial charge on any atom is 0.243 e. The second kappa shape index (κ2) is 6.84. The molecule has 3 nitrogen and oxygen atoms in total. The Morgan fingerprint density at radius 3 is 2.67 bits per heavy atom. The van der Waals surface area contributed by atoms with E-state index < -0.39 is 15.8 Å². The van der Waals surface area contributed by atoms with E-state index in [0.29, 0.717) is 23.2 Å². The predicted molar refractivity (Wildman–Crippen MR) is 73.8 cm³/mol. The van der Waals surface area contributed by atoms with E-state index in [1.165, 1.54) is 12.1 Å². The molecule has 0 saturated heterocycles. The fourth-order valence-electron chi connectivity index (χ4n) is 1.45. The number of hydrogen-bond acceptors (Lipinski definition) is 2. The first-order valence-corrected chi connectivity index (χ1v) is 8.25. The fraction of sp³-hybridized carbons (Fsp3) is 0.455. The van der Waals surface area contributed by atoms with Gasteiger partial charge in [0.1, 0.15) is 10.7 Å². The van der Waals surface area contributed by atoms with Crippen molar-refractivity contribution in [1.82, 2.24) is 4.72 Å². The van der Waals surface area contributed by atoms with Crippen LogP contribution in [0.15, 0.2) is 27.6 Å². The number of hydrogen-bond donors (Lipinski definition) is 1. The Hall–Kier alpha value is -0.170. The summed E-state index contributed by atoms with van der Waals surface area (Å²) in [7, 11) is -3.85. The molecule has 0 amide bonds. The van der Waals surface area contributed by atoms with Gasteiger partial charge in [-0.3, -0.25) is 0 Å². The van der Waals surface area contributed by atoms with E-state index in [4.69, 9.17) is 11.6 Å². The molecule has 0 spiro atoms. The summed E-state index contributed by atoms with van der Waals surface area (Å²) in [5.74, 6) is -0.429. The SMILES string of the molecule is CCC(CCCl)NS(=O)(=O)c1ccc(Br)cc1F. The lowest BCUT2D eigenvalue weighted by Crippen LogP contribution is -2.35. The molecule has 0 aliphatic rings. The maximum atomic E-state index is 13.6. The Morgan fingerprint density at radius 2 is 2.17 bits per heavy atom. The van der Waals surface area contributed by atoms with Crippen molar-refractivity contribution >= 4 is 37.6 Å². The molecule has 0 heterocycles. The van der Waals surface area contributed by atoms with Gasteiger partial charge in [0.15, 0.2) is 0 Å². The van der Waals surface area contributed by atoms with E-state index in [-0.39, 0.29) is 10.9 Å². The van der Waals surface area contributed by atoms with Crippen LogP contribution in [0.3, 0.4) is 0 Å². The molecule has 7 heteroatoms. The van der Waals surface area contributed by atoms with Crippen molar-refractivity contribution in [1.29, 1.82) is 0 Å². The van der Waals surface area contributed by atoms with Gasteiger partial charge in [-0.25, -0.2) is 17.5 Å². The summed E-state index contributed by atoms with van der Waals surface area (Å²) in [5, 5.41) is 0. The first-order valence-electron chi connectivity index (χ1n) is 5.44.